The fourth-order valence-corrected chi connectivity index (χ4v) is 3.75. The van der Waals surface area contributed by atoms with Crippen LogP contribution in [0.4, 0.5) is 5.69 Å². The normalized spacial score (nSPS) is 28.9. The molecule has 0 aliphatic carbocycles. The summed E-state index contributed by atoms with van der Waals surface area (Å²) in [5.74, 6) is -0.845. The molecule has 1 saturated heterocycles. The molecule has 1 fully saturated rings. The van der Waals surface area contributed by atoms with Crippen LogP contribution < -0.4 is 4.90 Å². The molecule has 2 atom stereocenters. The number of rotatable bonds is 1. The van der Waals surface area contributed by atoms with Crippen molar-refractivity contribution in [1.29, 1.82) is 0 Å². The molecule has 0 aromatic heterocycles. The summed E-state index contributed by atoms with van der Waals surface area (Å²) < 4.78 is 6.49. The fraction of sp³-hybridized carbons (Fsp3) is 0.467. The van der Waals surface area contributed by atoms with E-state index in [0.717, 1.165) is 10.2 Å². The molecule has 2 aliphatic heterocycles. The van der Waals surface area contributed by atoms with Crippen molar-refractivity contribution in [2.24, 2.45) is 5.92 Å². The topological polar surface area (TPSA) is 46.6 Å². The van der Waals surface area contributed by atoms with Gasteiger partial charge in [-0.1, -0.05) is 15.9 Å². The lowest BCUT2D eigenvalue weighted by molar-refractivity contribution is -0.122. The SMILES string of the molecule is CC(=O)C1C(=O)c2ccc(Br)cc2N2CCOCC12C. The van der Waals surface area contributed by atoms with E-state index >= 15 is 0 Å². The summed E-state index contributed by atoms with van der Waals surface area (Å²) in [6.45, 7) is 5.14. The van der Waals surface area contributed by atoms with Crippen LogP contribution in [-0.4, -0.2) is 36.9 Å². The van der Waals surface area contributed by atoms with Crippen LogP contribution in [0.2, 0.25) is 0 Å². The molecule has 4 nitrogen and oxygen atoms in total. The smallest absolute Gasteiger partial charge is 0.177 e. The third-order valence-electron chi connectivity index (χ3n) is 4.28. The van der Waals surface area contributed by atoms with Gasteiger partial charge in [-0.25, -0.2) is 0 Å². The summed E-state index contributed by atoms with van der Waals surface area (Å²) in [5, 5.41) is 0. The van der Waals surface area contributed by atoms with E-state index in [4.69, 9.17) is 4.74 Å². The number of carbonyl (C=O) groups excluding carboxylic acids is 2. The zero-order chi connectivity index (χ0) is 14.5. The number of ketones is 2. The molecular weight excluding hydrogens is 322 g/mol. The highest BCUT2D eigenvalue weighted by molar-refractivity contribution is 9.10. The molecule has 3 rings (SSSR count). The van der Waals surface area contributed by atoms with Gasteiger partial charge in [0, 0.05) is 22.3 Å². The van der Waals surface area contributed by atoms with Crippen LogP contribution >= 0.6 is 15.9 Å². The van der Waals surface area contributed by atoms with Gasteiger partial charge < -0.3 is 9.64 Å². The standard InChI is InChI=1S/C15H16BrNO3/c1-9(18)13-14(19)11-4-3-10(16)7-12(11)17-5-6-20-8-15(13,17)2/h3-4,7,13H,5-6,8H2,1-2H3. The van der Waals surface area contributed by atoms with E-state index < -0.39 is 11.5 Å². The molecular formula is C15H16BrNO3. The third kappa shape index (κ3) is 1.84. The Morgan fingerprint density at radius 1 is 1.50 bits per heavy atom. The quantitative estimate of drug-likeness (QED) is 0.738. The highest BCUT2D eigenvalue weighted by atomic mass is 79.9. The lowest BCUT2D eigenvalue weighted by Crippen LogP contribution is -2.65. The number of fused-ring (bicyclic) bond motifs is 3. The molecule has 0 N–H and O–H groups in total. The number of anilines is 1. The lowest BCUT2D eigenvalue weighted by atomic mass is 9.72. The summed E-state index contributed by atoms with van der Waals surface area (Å²) in [7, 11) is 0. The van der Waals surface area contributed by atoms with Crippen LogP contribution in [0, 0.1) is 5.92 Å². The zero-order valence-corrected chi connectivity index (χ0v) is 13.1. The van der Waals surface area contributed by atoms with Gasteiger partial charge in [0.2, 0.25) is 0 Å². The number of hydrogen-bond acceptors (Lipinski definition) is 4. The number of morpholine rings is 1. The molecule has 0 spiro atoms. The van der Waals surface area contributed by atoms with Gasteiger partial charge in [-0.15, -0.1) is 0 Å². The number of halogens is 1. The van der Waals surface area contributed by atoms with Crippen molar-refractivity contribution in [3.05, 3.63) is 28.2 Å². The van der Waals surface area contributed by atoms with Gasteiger partial charge >= 0.3 is 0 Å². The molecule has 106 valence electrons. The monoisotopic (exact) mass is 337 g/mol. The maximum absolute atomic E-state index is 12.7. The van der Waals surface area contributed by atoms with E-state index in [2.05, 4.69) is 20.8 Å². The third-order valence-corrected chi connectivity index (χ3v) is 4.77. The van der Waals surface area contributed by atoms with Crippen molar-refractivity contribution < 1.29 is 14.3 Å². The van der Waals surface area contributed by atoms with Gasteiger partial charge in [0.25, 0.3) is 0 Å². The van der Waals surface area contributed by atoms with Crippen LogP contribution in [0.15, 0.2) is 22.7 Å². The summed E-state index contributed by atoms with van der Waals surface area (Å²) >= 11 is 3.45. The Bertz CT molecular complexity index is 601. The maximum Gasteiger partial charge on any atom is 0.177 e. The molecule has 0 amide bonds. The Balaban J connectivity index is 2.22. The predicted octanol–water partition coefficient (Wildman–Crippen LogP) is 2.45. The highest BCUT2D eigenvalue weighted by Gasteiger charge is 2.52. The Morgan fingerprint density at radius 2 is 2.25 bits per heavy atom. The Morgan fingerprint density at radius 3 is 2.95 bits per heavy atom. The van der Waals surface area contributed by atoms with Gasteiger partial charge in [0.15, 0.2) is 5.78 Å². The van der Waals surface area contributed by atoms with E-state index in [9.17, 15) is 9.59 Å². The second-order valence-corrected chi connectivity index (χ2v) is 6.55. The Kier molecular flexibility index (Phi) is 3.21. The van der Waals surface area contributed by atoms with E-state index in [1.54, 1.807) is 6.07 Å². The minimum absolute atomic E-state index is 0.0933. The minimum Gasteiger partial charge on any atom is -0.377 e. The lowest BCUT2D eigenvalue weighted by Gasteiger charge is -2.52. The molecule has 1 aromatic rings. The van der Waals surface area contributed by atoms with Crippen molar-refractivity contribution in [1.82, 2.24) is 0 Å². The summed E-state index contributed by atoms with van der Waals surface area (Å²) in [4.78, 5) is 26.9. The number of benzene rings is 1. The number of Topliss-reactive ketones (excluding diaryl/α,β-unsaturated/α-hetero) is 2. The van der Waals surface area contributed by atoms with Crippen LogP contribution in [0.3, 0.4) is 0 Å². The largest absolute Gasteiger partial charge is 0.377 e. The Hall–Kier alpha value is -1.20. The molecule has 0 saturated carbocycles. The van der Waals surface area contributed by atoms with Crippen molar-refractivity contribution in [3.63, 3.8) is 0 Å². The van der Waals surface area contributed by atoms with Crippen molar-refractivity contribution in [2.45, 2.75) is 19.4 Å². The number of ether oxygens (including phenoxy) is 1. The summed E-state index contributed by atoms with van der Waals surface area (Å²) in [5.41, 5.74) is 0.940. The summed E-state index contributed by atoms with van der Waals surface area (Å²) in [6, 6.07) is 5.59. The average Bonchev–Trinajstić information content (AvgIpc) is 2.37. The fourth-order valence-electron chi connectivity index (χ4n) is 3.40. The van der Waals surface area contributed by atoms with E-state index in [0.29, 0.717) is 25.3 Å². The minimum atomic E-state index is -0.656. The zero-order valence-electron chi connectivity index (χ0n) is 11.5. The van der Waals surface area contributed by atoms with Crippen LogP contribution in [-0.2, 0) is 9.53 Å². The van der Waals surface area contributed by atoms with E-state index in [1.807, 2.05) is 19.1 Å². The maximum atomic E-state index is 12.7. The van der Waals surface area contributed by atoms with Crippen molar-refractivity contribution in [2.75, 3.05) is 24.7 Å². The van der Waals surface area contributed by atoms with Crippen LogP contribution in [0.25, 0.3) is 0 Å². The first-order chi connectivity index (χ1) is 9.45. The number of carbonyl (C=O) groups is 2. The van der Waals surface area contributed by atoms with Gasteiger partial charge in [0.05, 0.1) is 18.8 Å². The highest BCUT2D eigenvalue weighted by Crippen LogP contribution is 2.43. The van der Waals surface area contributed by atoms with Gasteiger partial charge in [-0.2, -0.15) is 0 Å². The molecule has 5 heteroatoms. The van der Waals surface area contributed by atoms with Crippen molar-refractivity contribution in [3.8, 4) is 0 Å². The van der Waals surface area contributed by atoms with Crippen molar-refractivity contribution >= 4 is 33.2 Å². The number of hydrogen-bond donors (Lipinski definition) is 0. The van der Waals surface area contributed by atoms with E-state index in [1.165, 1.54) is 6.92 Å². The van der Waals surface area contributed by atoms with Gasteiger partial charge in [0.1, 0.15) is 11.7 Å². The molecule has 20 heavy (non-hydrogen) atoms. The molecule has 0 radical (unpaired) electrons. The second kappa shape index (κ2) is 4.67. The molecule has 2 unspecified atom stereocenters. The summed E-state index contributed by atoms with van der Waals surface area (Å²) in [6.07, 6.45) is 0. The van der Waals surface area contributed by atoms with Gasteiger partial charge in [-0.3, -0.25) is 9.59 Å². The number of nitrogens with zero attached hydrogens (tertiary/aromatic N) is 1. The first kappa shape index (κ1) is 13.8. The second-order valence-electron chi connectivity index (χ2n) is 5.63. The molecule has 0 bridgehead atoms. The molecule has 2 heterocycles. The average molecular weight is 338 g/mol. The molecule has 2 aliphatic rings. The Labute approximate surface area is 126 Å². The van der Waals surface area contributed by atoms with Crippen LogP contribution in [0.5, 0.6) is 0 Å². The van der Waals surface area contributed by atoms with Gasteiger partial charge in [-0.05, 0) is 32.0 Å². The first-order valence-corrected chi connectivity index (χ1v) is 7.44. The molecule has 1 aromatic carbocycles. The predicted molar refractivity (Wildman–Crippen MR) is 79.2 cm³/mol. The van der Waals surface area contributed by atoms with E-state index in [-0.39, 0.29) is 11.6 Å². The van der Waals surface area contributed by atoms with Crippen LogP contribution in [0.1, 0.15) is 24.2 Å². The first-order valence-electron chi connectivity index (χ1n) is 6.65.